The van der Waals surface area contributed by atoms with Crippen LogP contribution in [-0.2, 0) is 4.79 Å². The maximum absolute atomic E-state index is 9.37. The molecule has 5 aromatic rings. The first-order valence-electron chi connectivity index (χ1n) is 9.00. The van der Waals surface area contributed by atoms with Crippen molar-refractivity contribution in [3.8, 4) is 0 Å². The van der Waals surface area contributed by atoms with Crippen molar-refractivity contribution in [2.75, 3.05) is 0 Å². The first-order valence-corrected chi connectivity index (χ1v) is 9.00. The summed E-state index contributed by atoms with van der Waals surface area (Å²) in [4.78, 5) is 14.3. The van der Waals surface area contributed by atoms with E-state index < -0.39 is 5.97 Å². The highest BCUT2D eigenvalue weighted by atomic mass is 16.4. The van der Waals surface area contributed by atoms with E-state index >= 15 is 0 Å². The summed E-state index contributed by atoms with van der Waals surface area (Å²) in [6.45, 7) is 1.60. The molecule has 0 aliphatic heterocycles. The summed E-state index contributed by atoms with van der Waals surface area (Å²) in [6, 6.07) is 27.8. The van der Waals surface area contributed by atoms with Crippen LogP contribution >= 0.6 is 0 Å². The molecule has 1 N–H and O–H groups in total. The predicted molar refractivity (Wildman–Crippen MR) is 112 cm³/mol. The molecule has 4 aromatic carbocycles. The van der Waals surface area contributed by atoms with Gasteiger partial charge in [-0.25, -0.2) is 4.98 Å². The zero-order valence-corrected chi connectivity index (χ0v) is 15.0. The van der Waals surface area contributed by atoms with E-state index in [1.807, 2.05) is 6.07 Å². The Labute approximate surface area is 156 Å². The number of carbonyl (C=O) groups is 1. The van der Waals surface area contributed by atoms with Crippen molar-refractivity contribution in [3.63, 3.8) is 0 Å². The second kappa shape index (κ2) is 7.04. The topological polar surface area (TPSA) is 50.2 Å². The first kappa shape index (κ1) is 17.0. The molecule has 3 heteroatoms. The van der Waals surface area contributed by atoms with Crippen LogP contribution in [0.4, 0.5) is 0 Å². The quantitative estimate of drug-likeness (QED) is 0.289. The van der Waals surface area contributed by atoms with Crippen LogP contribution in [0.5, 0.6) is 0 Å². The maximum Gasteiger partial charge on any atom is 0.303 e. The van der Waals surface area contributed by atoms with Crippen LogP contribution in [0.3, 0.4) is 0 Å². The SMILES string of the molecule is CCC(=O)O.c1ccc2nc3c4ccccc4c4ccccc4c3cc2c1. The van der Waals surface area contributed by atoms with Crippen LogP contribution in [0.15, 0.2) is 78.9 Å². The van der Waals surface area contributed by atoms with E-state index in [0.717, 1.165) is 11.0 Å². The van der Waals surface area contributed by atoms with E-state index in [0.29, 0.717) is 0 Å². The van der Waals surface area contributed by atoms with Crippen molar-refractivity contribution in [2.24, 2.45) is 0 Å². The molecule has 3 nitrogen and oxygen atoms in total. The zero-order valence-electron chi connectivity index (χ0n) is 15.0. The molecule has 0 spiro atoms. The number of aromatic nitrogens is 1. The summed E-state index contributed by atoms with van der Waals surface area (Å²) in [6.07, 6.45) is 0.222. The van der Waals surface area contributed by atoms with Gasteiger partial charge < -0.3 is 5.11 Å². The lowest BCUT2D eigenvalue weighted by molar-refractivity contribution is -0.136. The molecule has 1 heterocycles. The number of fused-ring (bicyclic) bond motifs is 7. The molecule has 27 heavy (non-hydrogen) atoms. The predicted octanol–water partition coefficient (Wildman–Crippen LogP) is 6.18. The lowest BCUT2D eigenvalue weighted by Gasteiger charge is -2.10. The third-order valence-electron chi connectivity index (χ3n) is 4.72. The lowest BCUT2D eigenvalue weighted by atomic mass is 9.96. The van der Waals surface area contributed by atoms with Crippen molar-refractivity contribution >= 4 is 49.3 Å². The minimum Gasteiger partial charge on any atom is -0.481 e. The van der Waals surface area contributed by atoms with E-state index in [4.69, 9.17) is 10.1 Å². The average molecular weight is 353 g/mol. The third-order valence-corrected chi connectivity index (χ3v) is 4.72. The van der Waals surface area contributed by atoms with Gasteiger partial charge in [-0.1, -0.05) is 73.7 Å². The van der Waals surface area contributed by atoms with Crippen molar-refractivity contribution < 1.29 is 9.90 Å². The van der Waals surface area contributed by atoms with Gasteiger partial charge in [-0.3, -0.25) is 4.79 Å². The van der Waals surface area contributed by atoms with Gasteiger partial charge in [-0.2, -0.15) is 0 Å². The fourth-order valence-electron chi connectivity index (χ4n) is 3.40. The third kappa shape index (κ3) is 3.08. The minimum absolute atomic E-state index is 0.222. The molecule has 0 aliphatic rings. The van der Waals surface area contributed by atoms with Crippen molar-refractivity contribution in [3.05, 3.63) is 78.9 Å². The number of benzene rings is 4. The minimum atomic E-state index is -0.745. The molecule has 0 radical (unpaired) electrons. The fraction of sp³-hybridized carbons (Fsp3) is 0.0833. The zero-order chi connectivity index (χ0) is 18.8. The number of hydrogen-bond acceptors (Lipinski definition) is 2. The molecule has 0 saturated carbocycles. The fourth-order valence-corrected chi connectivity index (χ4v) is 3.40. The molecular formula is C24H19NO2. The summed E-state index contributed by atoms with van der Waals surface area (Å²) < 4.78 is 0. The lowest BCUT2D eigenvalue weighted by Crippen LogP contribution is -1.87. The Hall–Kier alpha value is -3.46. The van der Waals surface area contributed by atoms with Gasteiger partial charge in [0.1, 0.15) is 0 Å². The molecule has 1 aromatic heterocycles. The maximum atomic E-state index is 9.37. The summed E-state index contributed by atoms with van der Waals surface area (Å²) >= 11 is 0. The molecule has 0 unspecified atom stereocenters. The highest BCUT2D eigenvalue weighted by Crippen LogP contribution is 2.35. The number of carboxylic acid groups (broad SMARTS) is 1. The number of rotatable bonds is 1. The van der Waals surface area contributed by atoms with Gasteiger partial charge in [0.05, 0.1) is 11.0 Å². The van der Waals surface area contributed by atoms with Gasteiger partial charge >= 0.3 is 5.97 Å². The summed E-state index contributed by atoms with van der Waals surface area (Å²) in [5, 5.41) is 15.2. The van der Waals surface area contributed by atoms with Crippen LogP contribution in [0.25, 0.3) is 43.4 Å². The first-order chi connectivity index (χ1) is 13.2. The number of para-hydroxylation sites is 1. The normalized spacial score (nSPS) is 10.9. The Bertz CT molecular complexity index is 1200. The monoisotopic (exact) mass is 353 g/mol. The largest absolute Gasteiger partial charge is 0.481 e. The van der Waals surface area contributed by atoms with Crippen LogP contribution < -0.4 is 0 Å². The second-order valence-electron chi connectivity index (χ2n) is 6.42. The van der Waals surface area contributed by atoms with E-state index in [2.05, 4.69) is 72.8 Å². The van der Waals surface area contributed by atoms with Crippen molar-refractivity contribution in [2.45, 2.75) is 13.3 Å². The molecule has 5 rings (SSSR count). The molecule has 0 aliphatic carbocycles. The Balaban J connectivity index is 0.000000323. The number of aliphatic carboxylic acids is 1. The highest BCUT2D eigenvalue weighted by molar-refractivity contribution is 6.25. The number of nitrogens with zero attached hydrogens (tertiary/aromatic N) is 1. The van der Waals surface area contributed by atoms with Gasteiger partial charge in [0.15, 0.2) is 0 Å². The Kier molecular flexibility index (Phi) is 4.43. The number of hydrogen-bond donors (Lipinski definition) is 1. The summed E-state index contributed by atoms with van der Waals surface area (Å²) in [5.74, 6) is -0.745. The van der Waals surface area contributed by atoms with Gasteiger partial charge in [0, 0.05) is 22.6 Å². The molecule has 0 fully saturated rings. The van der Waals surface area contributed by atoms with Crippen molar-refractivity contribution in [1.82, 2.24) is 4.98 Å². The standard InChI is InChI=1S/C21H13N.C3H6O2/c1-6-12-20-14(7-1)13-19-17-10-3-2-8-15(17)16-9-4-5-11-18(16)21(19)22-20;1-2-3(4)5/h1-13H;2H2,1H3,(H,4,5). The Morgan fingerprint density at radius 3 is 1.89 bits per heavy atom. The van der Waals surface area contributed by atoms with E-state index in [9.17, 15) is 4.79 Å². The molecule has 0 atom stereocenters. The van der Waals surface area contributed by atoms with Gasteiger partial charge in [-0.05, 0) is 28.3 Å². The van der Waals surface area contributed by atoms with Crippen LogP contribution in [0, 0.1) is 0 Å². The molecule has 0 amide bonds. The molecule has 0 saturated heterocycles. The molecule has 0 bridgehead atoms. The van der Waals surface area contributed by atoms with Crippen LogP contribution in [0.2, 0.25) is 0 Å². The number of carboxylic acids is 1. The summed E-state index contributed by atoms with van der Waals surface area (Å²) in [7, 11) is 0. The van der Waals surface area contributed by atoms with Gasteiger partial charge in [0.25, 0.3) is 0 Å². The molecular weight excluding hydrogens is 334 g/mol. The van der Waals surface area contributed by atoms with E-state index in [1.54, 1.807) is 6.92 Å². The van der Waals surface area contributed by atoms with E-state index in [-0.39, 0.29) is 6.42 Å². The molecule has 132 valence electrons. The van der Waals surface area contributed by atoms with Crippen LogP contribution in [0.1, 0.15) is 13.3 Å². The van der Waals surface area contributed by atoms with Gasteiger partial charge in [-0.15, -0.1) is 0 Å². The Morgan fingerprint density at radius 2 is 1.26 bits per heavy atom. The second-order valence-corrected chi connectivity index (χ2v) is 6.42. The number of pyridine rings is 1. The average Bonchev–Trinajstić information content (AvgIpc) is 2.73. The van der Waals surface area contributed by atoms with Crippen molar-refractivity contribution in [1.29, 1.82) is 0 Å². The van der Waals surface area contributed by atoms with E-state index in [1.165, 1.54) is 32.3 Å². The smallest absolute Gasteiger partial charge is 0.303 e. The van der Waals surface area contributed by atoms with Crippen LogP contribution in [-0.4, -0.2) is 16.1 Å². The Morgan fingerprint density at radius 1 is 0.778 bits per heavy atom. The summed E-state index contributed by atoms with van der Waals surface area (Å²) in [5.41, 5.74) is 2.14. The highest BCUT2D eigenvalue weighted by Gasteiger charge is 2.09. The van der Waals surface area contributed by atoms with Gasteiger partial charge in [0.2, 0.25) is 0 Å².